The van der Waals surface area contributed by atoms with Gasteiger partial charge in [0.15, 0.2) is 0 Å². The van der Waals surface area contributed by atoms with Crippen molar-refractivity contribution in [3.05, 3.63) is 75.6 Å². The lowest BCUT2D eigenvalue weighted by Gasteiger charge is -2.25. The molecule has 0 saturated carbocycles. The summed E-state index contributed by atoms with van der Waals surface area (Å²) in [5.41, 5.74) is 2.78. The van der Waals surface area contributed by atoms with Crippen molar-refractivity contribution in [1.29, 1.82) is 0 Å². The molecular weight excluding hydrogens is 362 g/mol. The van der Waals surface area contributed by atoms with Crippen molar-refractivity contribution in [1.82, 2.24) is 4.98 Å². The minimum atomic E-state index is 0.0520. The summed E-state index contributed by atoms with van der Waals surface area (Å²) in [5, 5.41) is 0. The van der Waals surface area contributed by atoms with E-state index in [1.54, 1.807) is 0 Å². The Morgan fingerprint density at radius 3 is 2.29 bits per heavy atom. The van der Waals surface area contributed by atoms with E-state index < -0.39 is 0 Å². The topological polar surface area (TPSA) is 26.0 Å². The molecule has 0 aliphatic rings. The van der Waals surface area contributed by atoms with Crippen molar-refractivity contribution in [2.75, 3.05) is 0 Å². The molecule has 0 aliphatic carbocycles. The average Bonchev–Trinajstić information content (AvgIpc) is 3.24. The Kier molecular flexibility index (Phi) is 5.60. The van der Waals surface area contributed by atoms with Crippen molar-refractivity contribution in [2.24, 2.45) is 0 Å². The third-order valence-corrected chi connectivity index (χ3v) is 6.88. The Morgan fingerprint density at radius 1 is 0.929 bits per heavy atom. The fourth-order valence-corrected chi connectivity index (χ4v) is 4.93. The smallest absolute Gasteiger partial charge is 0.109 e. The van der Waals surface area contributed by atoms with E-state index in [9.17, 15) is 0 Å². The van der Waals surface area contributed by atoms with Gasteiger partial charge in [-0.3, -0.25) is 4.98 Å². The second kappa shape index (κ2) is 7.51. The lowest BCUT2D eigenvalue weighted by atomic mass is 9.82. The first-order chi connectivity index (χ1) is 13.0. The molecule has 0 radical (unpaired) electrons. The maximum Gasteiger partial charge on any atom is 0.109 e. The lowest BCUT2D eigenvalue weighted by Crippen LogP contribution is -2.20. The number of nitrogens with zero attached hydrogens (tertiary/aromatic N) is 1. The third kappa shape index (κ3) is 4.75. The highest BCUT2D eigenvalue weighted by Crippen LogP contribution is 2.37. The van der Waals surface area contributed by atoms with Gasteiger partial charge in [-0.05, 0) is 53.6 Å². The fraction of sp³-hybridized carbons (Fsp3) is 0.480. The largest absolute Gasteiger partial charge is 0.469 e. The number of aromatic nitrogens is 1. The van der Waals surface area contributed by atoms with Crippen molar-refractivity contribution in [3.8, 4) is 0 Å². The molecule has 2 nitrogen and oxygen atoms in total. The molecular formula is C25H33NOS. The lowest BCUT2D eigenvalue weighted by molar-refractivity contribution is 0.408. The summed E-state index contributed by atoms with van der Waals surface area (Å²) in [7, 11) is 0. The van der Waals surface area contributed by atoms with Crippen LogP contribution in [0.1, 0.15) is 75.1 Å². The molecule has 150 valence electrons. The number of furan rings is 1. The fourth-order valence-electron chi connectivity index (χ4n) is 3.60. The number of rotatable bonds is 6. The SMILES string of the molecule is CC(C)(C)c1cc(CC(C)(C)c2ccc(CC(C)(C)c3cccnc3)s2)co1. The van der Waals surface area contributed by atoms with Crippen LogP contribution in [-0.2, 0) is 29.1 Å². The summed E-state index contributed by atoms with van der Waals surface area (Å²) in [6.45, 7) is 15.8. The van der Waals surface area contributed by atoms with E-state index in [0.717, 1.165) is 18.6 Å². The van der Waals surface area contributed by atoms with Gasteiger partial charge in [0.2, 0.25) is 0 Å². The van der Waals surface area contributed by atoms with Crippen LogP contribution in [-0.4, -0.2) is 4.98 Å². The van der Waals surface area contributed by atoms with Crippen LogP contribution in [0.25, 0.3) is 0 Å². The van der Waals surface area contributed by atoms with Crippen LogP contribution in [0.4, 0.5) is 0 Å². The van der Waals surface area contributed by atoms with Gasteiger partial charge in [0, 0.05) is 33.0 Å². The Labute approximate surface area is 174 Å². The molecule has 3 aromatic rings. The zero-order chi connectivity index (χ0) is 20.6. The molecule has 0 saturated heterocycles. The van der Waals surface area contributed by atoms with Crippen LogP contribution in [0.3, 0.4) is 0 Å². The molecule has 3 heterocycles. The van der Waals surface area contributed by atoms with E-state index in [-0.39, 0.29) is 16.2 Å². The number of pyridine rings is 1. The molecule has 3 aromatic heterocycles. The molecule has 28 heavy (non-hydrogen) atoms. The van der Waals surface area contributed by atoms with Crippen molar-refractivity contribution < 1.29 is 4.42 Å². The average molecular weight is 396 g/mol. The van der Waals surface area contributed by atoms with E-state index in [1.807, 2.05) is 36.1 Å². The zero-order valence-corrected chi connectivity index (χ0v) is 19.1. The Hall–Kier alpha value is -1.87. The highest BCUT2D eigenvalue weighted by Gasteiger charge is 2.27. The van der Waals surface area contributed by atoms with Crippen molar-refractivity contribution >= 4 is 11.3 Å². The van der Waals surface area contributed by atoms with E-state index in [4.69, 9.17) is 4.42 Å². The third-order valence-electron chi connectivity index (χ3n) is 5.43. The van der Waals surface area contributed by atoms with Crippen molar-refractivity contribution in [2.45, 2.75) is 77.6 Å². The van der Waals surface area contributed by atoms with E-state index >= 15 is 0 Å². The van der Waals surface area contributed by atoms with Gasteiger partial charge in [0.25, 0.3) is 0 Å². The molecule has 0 aliphatic heterocycles. The van der Waals surface area contributed by atoms with Crippen LogP contribution in [0.2, 0.25) is 0 Å². The van der Waals surface area contributed by atoms with Crippen LogP contribution >= 0.6 is 11.3 Å². The summed E-state index contributed by atoms with van der Waals surface area (Å²) >= 11 is 1.94. The molecule has 0 unspecified atom stereocenters. The minimum Gasteiger partial charge on any atom is -0.469 e. The van der Waals surface area contributed by atoms with Crippen LogP contribution in [0, 0.1) is 0 Å². The maximum absolute atomic E-state index is 5.83. The molecule has 0 amide bonds. The molecule has 0 bridgehead atoms. The molecule has 0 spiro atoms. The van der Waals surface area contributed by atoms with Crippen LogP contribution < -0.4 is 0 Å². The monoisotopic (exact) mass is 395 g/mol. The van der Waals surface area contributed by atoms with Crippen LogP contribution in [0.5, 0.6) is 0 Å². The maximum atomic E-state index is 5.83. The van der Waals surface area contributed by atoms with Gasteiger partial charge >= 0.3 is 0 Å². The highest BCUT2D eigenvalue weighted by molar-refractivity contribution is 7.12. The summed E-state index contributed by atoms with van der Waals surface area (Å²) in [4.78, 5) is 7.16. The second-order valence-electron chi connectivity index (χ2n) is 10.2. The number of hydrogen-bond acceptors (Lipinski definition) is 3. The Morgan fingerprint density at radius 2 is 1.68 bits per heavy atom. The van der Waals surface area contributed by atoms with Gasteiger partial charge in [-0.25, -0.2) is 0 Å². The molecule has 3 heteroatoms. The Bertz CT molecular complexity index is 909. The van der Waals surface area contributed by atoms with Gasteiger partial charge in [0.05, 0.1) is 6.26 Å². The minimum absolute atomic E-state index is 0.0520. The molecule has 0 atom stereocenters. The molecule has 0 fully saturated rings. The normalized spacial score (nSPS) is 13.1. The van der Waals surface area contributed by atoms with Crippen LogP contribution in [0.15, 0.2) is 53.4 Å². The van der Waals surface area contributed by atoms with Gasteiger partial charge in [0.1, 0.15) is 5.76 Å². The molecule has 3 rings (SSSR count). The first-order valence-corrected chi connectivity index (χ1v) is 10.9. The predicted octanol–water partition coefficient (Wildman–Crippen LogP) is 7.07. The molecule has 0 N–H and O–H groups in total. The van der Waals surface area contributed by atoms with Gasteiger partial charge in [-0.1, -0.05) is 54.5 Å². The predicted molar refractivity (Wildman–Crippen MR) is 119 cm³/mol. The van der Waals surface area contributed by atoms with Crippen molar-refractivity contribution in [3.63, 3.8) is 0 Å². The Balaban J connectivity index is 1.74. The van der Waals surface area contributed by atoms with Gasteiger partial charge in [-0.15, -0.1) is 11.3 Å². The highest BCUT2D eigenvalue weighted by atomic mass is 32.1. The summed E-state index contributed by atoms with van der Waals surface area (Å²) in [6, 6.07) is 11.0. The number of thiophene rings is 1. The van der Waals surface area contributed by atoms with Gasteiger partial charge in [-0.2, -0.15) is 0 Å². The molecule has 0 aromatic carbocycles. The summed E-state index contributed by atoms with van der Waals surface area (Å²) < 4.78 is 5.83. The number of hydrogen-bond donors (Lipinski definition) is 0. The first-order valence-electron chi connectivity index (χ1n) is 10.0. The summed E-state index contributed by atoms with van der Waals surface area (Å²) in [6.07, 6.45) is 7.77. The van der Waals surface area contributed by atoms with E-state index in [1.165, 1.54) is 20.9 Å². The first kappa shape index (κ1) is 20.9. The standard InChI is InChI=1S/C25H33NOS/c1-23(2,3)21-13-18(17-27-21)14-25(6,7)22-11-10-20(28-22)15-24(4,5)19-9-8-12-26-16-19/h8-13,16-17H,14-15H2,1-7H3. The zero-order valence-electron chi connectivity index (χ0n) is 18.3. The van der Waals surface area contributed by atoms with E-state index in [0.29, 0.717) is 0 Å². The quantitative estimate of drug-likeness (QED) is 0.446. The van der Waals surface area contributed by atoms with Gasteiger partial charge < -0.3 is 4.42 Å². The van der Waals surface area contributed by atoms with E-state index in [2.05, 4.69) is 77.7 Å². The summed E-state index contributed by atoms with van der Waals surface area (Å²) in [5.74, 6) is 1.06. The second-order valence-corrected chi connectivity index (χ2v) is 11.4.